The lowest BCUT2D eigenvalue weighted by atomic mass is 10.2. The van der Waals surface area contributed by atoms with Crippen LogP contribution in [0.25, 0.3) is 0 Å². The molecule has 1 aliphatic heterocycles. The molecule has 1 aliphatic rings. The van der Waals surface area contributed by atoms with Crippen LogP contribution >= 0.6 is 15.9 Å². The fourth-order valence-corrected chi connectivity index (χ4v) is 4.63. The number of hydrogen-bond donors (Lipinski definition) is 1. The molecule has 1 N–H and O–H groups in total. The van der Waals surface area contributed by atoms with Gasteiger partial charge in [0.15, 0.2) is 0 Å². The molecule has 0 bridgehead atoms. The quantitative estimate of drug-likeness (QED) is 0.770. The molecule has 1 aromatic rings. The van der Waals surface area contributed by atoms with Gasteiger partial charge < -0.3 is 0 Å². The summed E-state index contributed by atoms with van der Waals surface area (Å²) in [5.41, 5.74) is 0.243. The SMILES string of the molecule is O=S(=O)(CBr)Nc1cccc(S(=O)(=O)N2CCCCC2)c1. The first-order chi connectivity index (χ1) is 9.85. The summed E-state index contributed by atoms with van der Waals surface area (Å²) in [6, 6.07) is 5.89. The molecule has 1 heterocycles. The van der Waals surface area contributed by atoms with Gasteiger partial charge in [-0.1, -0.05) is 28.4 Å². The van der Waals surface area contributed by atoms with Crippen molar-refractivity contribution in [3.63, 3.8) is 0 Å². The van der Waals surface area contributed by atoms with Crippen molar-refractivity contribution in [2.24, 2.45) is 0 Å². The standard InChI is InChI=1S/C12H17BrN2O4S2/c13-10-20(16,17)14-11-5-4-6-12(9-11)21(18,19)15-7-2-1-3-8-15/h4-6,9,14H,1-3,7-8,10H2. The molecule has 6 nitrogen and oxygen atoms in total. The first-order valence-corrected chi connectivity index (χ1v) is 10.7. The van der Waals surface area contributed by atoms with E-state index in [4.69, 9.17) is 0 Å². The van der Waals surface area contributed by atoms with Crippen molar-refractivity contribution in [3.8, 4) is 0 Å². The van der Waals surface area contributed by atoms with Gasteiger partial charge in [0.05, 0.1) is 4.90 Å². The van der Waals surface area contributed by atoms with Gasteiger partial charge in [0.2, 0.25) is 20.0 Å². The van der Waals surface area contributed by atoms with E-state index < -0.39 is 20.0 Å². The Balaban J connectivity index is 2.28. The molecule has 9 heteroatoms. The number of sulfonamides is 2. The summed E-state index contributed by atoms with van der Waals surface area (Å²) in [4.78, 5) is 0.110. The van der Waals surface area contributed by atoms with Crippen molar-refractivity contribution in [2.75, 3.05) is 22.5 Å². The zero-order valence-corrected chi connectivity index (χ0v) is 14.5. The molecule has 0 aromatic heterocycles. The molecule has 1 fully saturated rings. The molecular weight excluding hydrogens is 380 g/mol. The second-order valence-electron chi connectivity index (χ2n) is 4.82. The van der Waals surface area contributed by atoms with Crippen LogP contribution in [-0.4, -0.2) is 38.9 Å². The number of nitrogens with zero attached hydrogens (tertiary/aromatic N) is 1. The van der Waals surface area contributed by atoms with Gasteiger partial charge in [0.1, 0.15) is 4.66 Å². The van der Waals surface area contributed by atoms with Gasteiger partial charge in [-0.15, -0.1) is 0 Å². The summed E-state index contributed by atoms with van der Waals surface area (Å²) < 4.78 is 51.6. The Bertz CT molecular complexity index is 698. The second kappa shape index (κ2) is 6.64. The fraction of sp³-hybridized carbons (Fsp3) is 0.500. The summed E-state index contributed by atoms with van der Waals surface area (Å²) in [6.07, 6.45) is 2.75. The smallest absolute Gasteiger partial charge is 0.243 e. The number of nitrogens with one attached hydrogen (secondary N) is 1. The Morgan fingerprint density at radius 3 is 2.38 bits per heavy atom. The molecular formula is C12H17BrN2O4S2. The van der Waals surface area contributed by atoms with Gasteiger partial charge in [-0.3, -0.25) is 4.72 Å². The molecule has 0 atom stereocenters. The van der Waals surface area contributed by atoms with Crippen LogP contribution in [0.2, 0.25) is 0 Å². The molecule has 0 radical (unpaired) electrons. The lowest BCUT2D eigenvalue weighted by molar-refractivity contribution is 0.346. The largest absolute Gasteiger partial charge is 0.283 e. The molecule has 0 amide bonds. The van der Waals surface area contributed by atoms with Crippen LogP contribution in [0.4, 0.5) is 5.69 Å². The summed E-state index contributed by atoms with van der Waals surface area (Å²) in [5, 5.41) is 0. The van der Waals surface area contributed by atoms with Gasteiger partial charge in [-0.2, -0.15) is 4.31 Å². The Morgan fingerprint density at radius 1 is 1.10 bits per heavy atom. The van der Waals surface area contributed by atoms with Crippen LogP contribution in [0, 0.1) is 0 Å². The maximum atomic E-state index is 12.5. The van der Waals surface area contributed by atoms with E-state index >= 15 is 0 Å². The van der Waals surface area contributed by atoms with E-state index in [1.54, 1.807) is 0 Å². The summed E-state index contributed by atoms with van der Waals surface area (Å²) in [7, 11) is -7.06. The maximum Gasteiger partial charge on any atom is 0.243 e. The highest BCUT2D eigenvalue weighted by atomic mass is 79.9. The van der Waals surface area contributed by atoms with E-state index in [2.05, 4.69) is 20.7 Å². The average Bonchev–Trinajstić information content (AvgIpc) is 2.48. The van der Waals surface area contributed by atoms with Crippen LogP contribution in [0.1, 0.15) is 19.3 Å². The van der Waals surface area contributed by atoms with Crippen molar-refractivity contribution >= 4 is 41.7 Å². The monoisotopic (exact) mass is 396 g/mol. The fourth-order valence-electron chi connectivity index (χ4n) is 2.18. The second-order valence-corrected chi connectivity index (χ2v) is 9.78. The van der Waals surface area contributed by atoms with Crippen molar-refractivity contribution in [2.45, 2.75) is 24.2 Å². The van der Waals surface area contributed by atoms with Gasteiger partial charge in [-0.25, -0.2) is 16.8 Å². The first kappa shape index (κ1) is 16.7. The van der Waals surface area contributed by atoms with Crippen LogP contribution in [0.15, 0.2) is 29.2 Å². The zero-order chi connectivity index (χ0) is 15.5. The predicted octanol–water partition coefficient (Wildman–Crippen LogP) is 1.96. The average molecular weight is 397 g/mol. The van der Waals surface area contributed by atoms with Crippen molar-refractivity contribution in [1.82, 2.24) is 4.31 Å². The number of anilines is 1. The van der Waals surface area contributed by atoms with Crippen LogP contribution in [0.5, 0.6) is 0 Å². The van der Waals surface area contributed by atoms with Crippen molar-refractivity contribution in [1.29, 1.82) is 0 Å². The zero-order valence-electron chi connectivity index (χ0n) is 11.3. The van der Waals surface area contributed by atoms with Crippen molar-refractivity contribution < 1.29 is 16.8 Å². The maximum absolute atomic E-state index is 12.5. The Labute approximate surface area is 133 Å². The third-order valence-electron chi connectivity index (χ3n) is 3.20. The molecule has 0 spiro atoms. The van der Waals surface area contributed by atoms with Crippen molar-refractivity contribution in [3.05, 3.63) is 24.3 Å². The normalized spacial score (nSPS) is 17.6. The number of benzene rings is 1. The third kappa shape index (κ3) is 4.18. The van der Waals surface area contributed by atoms with E-state index in [-0.39, 0.29) is 15.2 Å². The van der Waals surface area contributed by atoms with E-state index in [0.717, 1.165) is 19.3 Å². The predicted molar refractivity (Wildman–Crippen MR) is 85.4 cm³/mol. The summed E-state index contributed by atoms with van der Waals surface area (Å²) in [5.74, 6) is 0. The summed E-state index contributed by atoms with van der Waals surface area (Å²) in [6.45, 7) is 1.03. The molecule has 118 valence electrons. The summed E-state index contributed by atoms with van der Waals surface area (Å²) >= 11 is 2.87. The third-order valence-corrected chi connectivity index (χ3v) is 7.74. The number of hydrogen-bond acceptors (Lipinski definition) is 4. The Hall–Kier alpha value is -0.640. The number of alkyl halides is 1. The minimum absolute atomic E-state index is 0.110. The highest BCUT2D eigenvalue weighted by Gasteiger charge is 2.26. The van der Waals surface area contributed by atoms with E-state index in [1.807, 2.05) is 0 Å². The molecule has 1 aromatic carbocycles. The molecule has 2 rings (SSSR count). The van der Waals surface area contributed by atoms with Crippen LogP contribution < -0.4 is 4.72 Å². The highest BCUT2D eigenvalue weighted by molar-refractivity contribution is 9.10. The minimum atomic E-state index is -3.56. The number of halogens is 1. The van der Waals surface area contributed by atoms with Gasteiger partial charge in [0.25, 0.3) is 0 Å². The minimum Gasteiger partial charge on any atom is -0.283 e. The van der Waals surface area contributed by atoms with E-state index in [9.17, 15) is 16.8 Å². The van der Waals surface area contributed by atoms with E-state index in [0.29, 0.717) is 13.1 Å². The van der Waals surface area contributed by atoms with E-state index in [1.165, 1.54) is 28.6 Å². The Morgan fingerprint density at radius 2 is 1.76 bits per heavy atom. The van der Waals surface area contributed by atoms with Crippen LogP contribution in [-0.2, 0) is 20.0 Å². The van der Waals surface area contributed by atoms with Gasteiger partial charge in [-0.05, 0) is 31.0 Å². The van der Waals surface area contributed by atoms with Gasteiger partial charge >= 0.3 is 0 Å². The lowest BCUT2D eigenvalue weighted by Gasteiger charge is -2.26. The lowest BCUT2D eigenvalue weighted by Crippen LogP contribution is -2.35. The van der Waals surface area contributed by atoms with Gasteiger partial charge in [0, 0.05) is 18.8 Å². The van der Waals surface area contributed by atoms with Crippen LogP contribution in [0.3, 0.4) is 0 Å². The molecule has 21 heavy (non-hydrogen) atoms. The molecule has 0 aliphatic carbocycles. The Kier molecular flexibility index (Phi) is 5.29. The molecule has 0 saturated carbocycles. The number of rotatable bonds is 5. The first-order valence-electron chi connectivity index (χ1n) is 6.52. The highest BCUT2D eigenvalue weighted by Crippen LogP contribution is 2.23. The number of piperidine rings is 1. The molecule has 0 unspecified atom stereocenters. The molecule has 1 saturated heterocycles. The topological polar surface area (TPSA) is 83.5 Å².